The topological polar surface area (TPSA) is 89.3 Å². The molecule has 0 saturated carbocycles. The molecule has 0 radical (unpaired) electrons. The average Bonchev–Trinajstić information content (AvgIpc) is 3.04. The summed E-state index contributed by atoms with van der Waals surface area (Å²) in [6, 6.07) is 5.86. The molecule has 2 heterocycles. The highest BCUT2D eigenvalue weighted by atomic mass is 35.5. The number of hydrogen-bond donors (Lipinski definition) is 2. The summed E-state index contributed by atoms with van der Waals surface area (Å²) in [6.45, 7) is 2.69. The number of rotatable bonds is 6. The number of aliphatic hydroxyl groups is 1. The molecule has 0 amide bonds. The second-order valence-electron chi connectivity index (χ2n) is 5.34. The van der Waals surface area contributed by atoms with Crippen molar-refractivity contribution in [2.75, 3.05) is 25.6 Å². The number of aliphatic hydroxyl groups excluding tert-OH is 1. The van der Waals surface area contributed by atoms with Gasteiger partial charge in [0.2, 0.25) is 0 Å². The maximum atomic E-state index is 12.2. The zero-order valence-electron chi connectivity index (χ0n) is 13.7. The van der Waals surface area contributed by atoms with Gasteiger partial charge in [0.25, 0.3) is 5.56 Å². The number of nitrogens with zero attached hydrogens (tertiary/aromatic N) is 3. The Morgan fingerprint density at radius 1 is 1.40 bits per heavy atom. The Labute approximate surface area is 152 Å². The van der Waals surface area contributed by atoms with E-state index in [9.17, 15) is 4.79 Å². The highest BCUT2D eigenvalue weighted by molar-refractivity contribution is 7.22. The molecule has 0 atom stereocenters. The van der Waals surface area contributed by atoms with Crippen LogP contribution in [-0.2, 0) is 6.54 Å². The molecule has 132 valence electrons. The van der Waals surface area contributed by atoms with Gasteiger partial charge >= 0.3 is 6.01 Å². The number of hydrogen-bond acceptors (Lipinski definition) is 7. The maximum absolute atomic E-state index is 12.2. The first kappa shape index (κ1) is 17.7. The summed E-state index contributed by atoms with van der Waals surface area (Å²) in [5.74, 6) is 0. The van der Waals surface area contributed by atoms with Crippen molar-refractivity contribution in [2.24, 2.45) is 0 Å². The van der Waals surface area contributed by atoms with Gasteiger partial charge in [-0.3, -0.25) is 9.36 Å². The number of thiazole rings is 1. The van der Waals surface area contributed by atoms with Gasteiger partial charge in [-0.25, -0.2) is 4.98 Å². The lowest BCUT2D eigenvalue weighted by Crippen LogP contribution is -2.16. The third kappa shape index (κ3) is 3.46. The lowest BCUT2D eigenvalue weighted by Gasteiger charge is -2.13. The number of nitrogens with one attached hydrogen (secondary N) is 1. The van der Waals surface area contributed by atoms with Crippen molar-refractivity contribution in [3.8, 4) is 6.01 Å². The van der Waals surface area contributed by atoms with Crippen molar-refractivity contribution in [2.45, 2.75) is 13.5 Å². The van der Waals surface area contributed by atoms with Crippen molar-refractivity contribution in [1.29, 1.82) is 0 Å². The van der Waals surface area contributed by atoms with Gasteiger partial charge in [-0.05, 0) is 24.1 Å². The molecule has 7 nitrogen and oxygen atoms in total. The molecule has 3 aromatic rings. The van der Waals surface area contributed by atoms with Crippen LogP contribution in [-0.4, -0.2) is 39.9 Å². The van der Waals surface area contributed by atoms with Crippen LogP contribution >= 0.6 is 22.9 Å². The molecule has 0 saturated heterocycles. The van der Waals surface area contributed by atoms with E-state index < -0.39 is 0 Å². The molecule has 9 heteroatoms. The highest BCUT2D eigenvalue weighted by Gasteiger charge is 2.17. The molecule has 0 aliphatic rings. The Morgan fingerprint density at radius 2 is 2.20 bits per heavy atom. The Hall–Kier alpha value is -2.16. The molecule has 0 unspecified atom stereocenters. The predicted molar refractivity (Wildman–Crippen MR) is 99.1 cm³/mol. The average molecular weight is 381 g/mol. The first-order valence-electron chi connectivity index (χ1n) is 7.59. The van der Waals surface area contributed by atoms with E-state index in [4.69, 9.17) is 21.4 Å². The Morgan fingerprint density at radius 3 is 2.92 bits per heavy atom. The molecular formula is C16H17ClN4O3S. The van der Waals surface area contributed by atoms with E-state index in [-0.39, 0.29) is 18.2 Å². The van der Waals surface area contributed by atoms with E-state index in [0.717, 1.165) is 11.1 Å². The summed E-state index contributed by atoms with van der Waals surface area (Å²) in [7, 11) is 1.46. The second-order valence-corrected chi connectivity index (χ2v) is 6.74. The molecule has 3 rings (SSSR count). The minimum absolute atomic E-state index is 0.0244. The molecule has 0 fully saturated rings. The van der Waals surface area contributed by atoms with Gasteiger partial charge in [0.05, 0.1) is 20.3 Å². The third-order valence-corrected chi connectivity index (χ3v) is 5.17. The smallest absolute Gasteiger partial charge is 0.301 e. The van der Waals surface area contributed by atoms with E-state index in [1.807, 2.05) is 25.1 Å². The lowest BCUT2D eigenvalue weighted by molar-refractivity contribution is 0.311. The minimum Gasteiger partial charge on any atom is -0.468 e. The molecule has 0 aliphatic carbocycles. The number of halogens is 1. The summed E-state index contributed by atoms with van der Waals surface area (Å²) in [5, 5.41) is 13.1. The van der Waals surface area contributed by atoms with Crippen LogP contribution in [0.4, 0.5) is 5.13 Å². The van der Waals surface area contributed by atoms with Gasteiger partial charge in [-0.1, -0.05) is 35.1 Å². The van der Waals surface area contributed by atoms with Gasteiger partial charge in [-0.2, -0.15) is 4.98 Å². The molecule has 2 N–H and O–H groups in total. The maximum Gasteiger partial charge on any atom is 0.301 e. The standard InChI is InChI=1S/C16H17ClN4O3S/c1-9-10(4-3-5-11(9)17)8-21-13-12(14(23)20-16(21)24-2)25-15(19-13)18-6-7-22/h3-5,22H,6-8H2,1-2H3,(H,18,19). The van der Waals surface area contributed by atoms with Crippen LogP contribution in [0.25, 0.3) is 10.3 Å². The number of fused-ring (bicyclic) bond motifs is 1. The number of aromatic nitrogens is 3. The van der Waals surface area contributed by atoms with Crippen molar-refractivity contribution in [3.63, 3.8) is 0 Å². The van der Waals surface area contributed by atoms with Crippen LogP contribution in [0.1, 0.15) is 11.1 Å². The summed E-state index contributed by atoms with van der Waals surface area (Å²) in [5.41, 5.74) is 2.03. The Bertz CT molecular complexity index is 970. The van der Waals surface area contributed by atoms with Crippen molar-refractivity contribution < 1.29 is 9.84 Å². The van der Waals surface area contributed by atoms with Gasteiger partial charge in [0, 0.05) is 11.6 Å². The molecule has 1 aromatic carbocycles. The van der Waals surface area contributed by atoms with E-state index in [1.54, 1.807) is 4.57 Å². The first-order valence-corrected chi connectivity index (χ1v) is 8.78. The highest BCUT2D eigenvalue weighted by Crippen LogP contribution is 2.27. The zero-order valence-corrected chi connectivity index (χ0v) is 15.3. The number of ether oxygens (including phenoxy) is 1. The molecular weight excluding hydrogens is 364 g/mol. The predicted octanol–water partition coefficient (Wildman–Crippen LogP) is 2.28. The largest absolute Gasteiger partial charge is 0.468 e. The van der Waals surface area contributed by atoms with Gasteiger partial charge in [0.15, 0.2) is 10.8 Å². The van der Waals surface area contributed by atoms with E-state index >= 15 is 0 Å². The molecule has 2 aromatic heterocycles. The molecule has 0 bridgehead atoms. The first-order chi connectivity index (χ1) is 12.0. The van der Waals surface area contributed by atoms with Crippen LogP contribution in [0.2, 0.25) is 5.02 Å². The zero-order chi connectivity index (χ0) is 18.0. The normalized spacial score (nSPS) is 11.0. The monoisotopic (exact) mass is 380 g/mol. The lowest BCUT2D eigenvalue weighted by atomic mass is 10.1. The van der Waals surface area contributed by atoms with Gasteiger partial charge in [0.1, 0.15) is 4.70 Å². The summed E-state index contributed by atoms with van der Waals surface area (Å²) >= 11 is 7.41. The van der Waals surface area contributed by atoms with E-state index in [1.165, 1.54) is 18.4 Å². The fraction of sp³-hybridized carbons (Fsp3) is 0.312. The van der Waals surface area contributed by atoms with Crippen molar-refractivity contribution in [3.05, 3.63) is 44.7 Å². The fourth-order valence-corrected chi connectivity index (χ4v) is 3.53. The van der Waals surface area contributed by atoms with Crippen LogP contribution in [0.3, 0.4) is 0 Å². The Balaban J connectivity index is 2.14. The van der Waals surface area contributed by atoms with Gasteiger partial charge < -0.3 is 15.2 Å². The number of anilines is 1. The quantitative estimate of drug-likeness (QED) is 0.682. The Kier molecular flexibility index (Phi) is 5.22. The fourth-order valence-electron chi connectivity index (χ4n) is 2.45. The molecule has 25 heavy (non-hydrogen) atoms. The second kappa shape index (κ2) is 7.38. The van der Waals surface area contributed by atoms with Crippen molar-refractivity contribution >= 4 is 38.4 Å². The minimum atomic E-state index is -0.388. The summed E-state index contributed by atoms with van der Waals surface area (Å²) in [4.78, 5) is 20.7. The molecule has 0 spiro atoms. The SMILES string of the molecule is COc1nc(=O)c2sc(NCCO)nc2n1Cc1cccc(Cl)c1C. The van der Waals surface area contributed by atoms with E-state index in [0.29, 0.717) is 33.6 Å². The van der Waals surface area contributed by atoms with Crippen molar-refractivity contribution in [1.82, 2.24) is 14.5 Å². The third-order valence-electron chi connectivity index (χ3n) is 3.77. The van der Waals surface area contributed by atoms with Crippen LogP contribution in [0.5, 0.6) is 6.01 Å². The number of methoxy groups -OCH3 is 1. The molecule has 0 aliphatic heterocycles. The van der Waals surface area contributed by atoms with Gasteiger partial charge in [-0.15, -0.1) is 0 Å². The summed E-state index contributed by atoms with van der Waals surface area (Å²) < 4.78 is 7.47. The summed E-state index contributed by atoms with van der Waals surface area (Å²) in [6.07, 6.45) is 0. The van der Waals surface area contributed by atoms with E-state index in [2.05, 4.69) is 15.3 Å². The number of benzene rings is 1. The van der Waals surface area contributed by atoms with Crippen LogP contribution in [0.15, 0.2) is 23.0 Å². The van der Waals surface area contributed by atoms with Crippen LogP contribution < -0.4 is 15.6 Å². The van der Waals surface area contributed by atoms with Crippen LogP contribution in [0, 0.1) is 6.92 Å².